The molecular formula is C22H25FN6O3. The Balaban J connectivity index is 1.30. The van der Waals surface area contributed by atoms with Crippen LogP contribution in [0.1, 0.15) is 24.0 Å². The van der Waals surface area contributed by atoms with Gasteiger partial charge in [-0.25, -0.2) is 4.98 Å². The molecule has 32 heavy (non-hydrogen) atoms. The van der Waals surface area contributed by atoms with Crippen molar-refractivity contribution in [3.63, 3.8) is 0 Å². The summed E-state index contributed by atoms with van der Waals surface area (Å²) >= 11 is 0. The molecule has 0 bridgehead atoms. The monoisotopic (exact) mass is 440 g/mol. The van der Waals surface area contributed by atoms with Crippen molar-refractivity contribution in [2.75, 3.05) is 19.6 Å². The number of piperidine rings is 1. The van der Waals surface area contributed by atoms with E-state index in [0.717, 1.165) is 31.5 Å². The van der Waals surface area contributed by atoms with Crippen LogP contribution in [-0.2, 0) is 13.1 Å². The molecule has 1 aliphatic rings. The lowest BCUT2D eigenvalue weighted by molar-refractivity contribution is -0.385. The normalized spacial score (nSPS) is 15.3. The first kappa shape index (κ1) is 22.0. The molecule has 0 aliphatic carbocycles. The zero-order valence-electron chi connectivity index (χ0n) is 17.8. The summed E-state index contributed by atoms with van der Waals surface area (Å²) in [6, 6.07) is 8.41. The third kappa shape index (κ3) is 4.97. The topological polar surface area (TPSA) is 106 Å². The third-order valence-electron chi connectivity index (χ3n) is 5.95. The number of nitrogens with one attached hydrogen (secondary N) is 1. The zero-order valence-corrected chi connectivity index (χ0v) is 17.8. The number of hydrogen-bond acceptors (Lipinski definition) is 7. The van der Waals surface area contributed by atoms with E-state index >= 15 is 0 Å². The molecule has 0 saturated carbocycles. The van der Waals surface area contributed by atoms with Crippen LogP contribution in [0, 0.1) is 23.0 Å². The largest absolute Gasteiger partial charge is 0.310 e. The quantitative estimate of drug-likeness (QED) is 0.342. The first-order valence-corrected chi connectivity index (χ1v) is 10.6. The van der Waals surface area contributed by atoms with Gasteiger partial charge in [-0.15, -0.1) is 0 Å². The fourth-order valence-corrected chi connectivity index (χ4v) is 4.06. The van der Waals surface area contributed by atoms with Gasteiger partial charge in [-0.3, -0.25) is 19.5 Å². The maximum Gasteiger partial charge on any atom is 0.272 e. The molecule has 1 aromatic carbocycles. The van der Waals surface area contributed by atoms with Crippen LogP contribution in [0.25, 0.3) is 11.2 Å². The van der Waals surface area contributed by atoms with Crippen molar-refractivity contribution >= 4 is 16.9 Å². The highest BCUT2D eigenvalue weighted by molar-refractivity contribution is 5.69. The minimum atomic E-state index is -0.635. The van der Waals surface area contributed by atoms with E-state index in [1.165, 1.54) is 22.9 Å². The molecule has 1 fully saturated rings. The number of aromatic nitrogens is 3. The number of rotatable bonds is 7. The minimum absolute atomic E-state index is 0.146. The molecular weight excluding hydrogens is 415 g/mol. The van der Waals surface area contributed by atoms with Gasteiger partial charge in [0, 0.05) is 37.3 Å². The number of halogens is 1. The van der Waals surface area contributed by atoms with E-state index in [1.807, 2.05) is 6.07 Å². The van der Waals surface area contributed by atoms with Crippen molar-refractivity contribution in [1.29, 1.82) is 0 Å². The van der Waals surface area contributed by atoms with Gasteiger partial charge in [0.25, 0.3) is 11.2 Å². The van der Waals surface area contributed by atoms with E-state index in [-0.39, 0.29) is 21.8 Å². The summed E-state index contributed by atoms with van der Waals surface area (Å²) in [5.74, 6) is -0.635. The van der Waals surface area contributed by atoms with Crippen molar-refractivity contribution < 1.29 is 9.31 Å². The van der Waals surface area contributed by atoms with Gasteiger partial charge in [-0.2, -0.15) is 9.37 Å². The highest BCUT2D eigenvalue weighted by Gasteiger charge is 2.20. The number of nitro groups is 1. The summed E-state index contributed by atoms with van der Waals surface area (Å²) in [5.41, 5.74) is 2.16. The third-order valence-corrected chi connectivity index (χ3v) is 5.95. The number of nitrogens with zero attached hydrogens (tertiary/aromatic N) is 5. The van der Waals surface area contributed by atoms with Crippen molar-refractivity contribution in [2.45, 2.75) is 38.9 Å². The van der Waals surface area contributed by atoms with Crippen LogP contribution < -0.4 is 10.9 Å². The SMILES string of the molecule is Cc1ccc(CNC2CCN(CCn3c(=O)cnc4ccc(F)nc43)CC2)cc1[N+](=O)[O-]. The smallest absolute Gasteiger partial charge is 0.272 e. The lowest BCUT2D eigenvalue weighted by atomic mass is 10.0. The van der Waals surface area contributed by atoms with E-state index in [2.05, 4.69) is 20.2 Å². The fourth-order valence-electron chi connectivity index (χ4n) is 4.06. The molecule has 3 heterocycles. The van der Waals surface area contributed by atoms with Gasteiger partial charge < -0.3 is 10.2 Å². The van der Waals surface area contributed by atoms with Gasteiger partial charge in [-0.05, 0) is 50.6 Å². The summed E-state index contributed by atoms with van der Waals surface area (Å²) in [6.45, 7) is 5.13. The van der Waals surface area contributed by atoms with Crippen molar-refractivity contribution in [1.82, 2.24) is 24.8 Å². The van der Waals surface area contributed by atoms with Crippen LogP contribution in [0.15, 0.2) is 41.3 Å². The van der Waals surface area contributed by atoms with Crippen molar-refractivity contribution in [3.8, 4) is 0 Å². The van der Waals surface area contributed by atoms with Crippen LogP contribution in [0.3, 0.4) is 0 Å². The highest BCUT2D eigenvalue weighted by atomic mass is 19.1. The Morgan fingerprint density at radius 1 is 1.22 bits per heavy atom. The minimum Gasteiger partial charge on any atom is -0.310 e. The maximum atomic E-state index is 13.6. The first-order chi connectivity index (χ1) is 15.4. The predicted molar refractivity (Wildman–Crippen MR) is 118 cm³/mol. The van der Waals surface area contributed by atoms with Crippen LogP contribution in [0.5, 0.6) is 0 Å². The van der Waals surface area contributed by atoms with Crippen LogP contribution in [-0.4, -0.2) is 50.0 Å². The number of hydrogen-bond donors (Lipinski definition) is 1. The molecule has 0 radical (unpaired) electrons. The Morgan fingerprint density at radius 2 is 2.00 bits per heavy atom. The highest BCUT2D eigenvalue weighted by Crippen LogP contribution is 2.20. The van der Waals surface area contributed by atoms with Gasteiger partial charge in [0.15, 0.2) is 5.65 Å². The molecule has 2 aromatic heterocycles. The molecule has 168 valence electrons. The Hall–Kier alpha value is -3.24. The molecule has 1 aliphatic heterocycles. The number of fused-ring (bicyclic) bond motifs is 1. The molecule has 3 aromatic rings. The van der Waals surface area contributed by atoms with Crippen LogP contribution in [0.2, 0.25) is 0 Å². The van der Waals surface area contributed by atoms with E-state index in [0.29, 0.717) is 36.8 Å². The summed E-state index contributed by atoms with van der Waals surface area (Å²) in [5, 5.41) is 14.6. The van der Waals surface area contributed by atoms with E-state index in [1.54, 1.807) is 19.1 Å². The van der Waals surface area contributed by atoms with E-state index in [4.69, 9.17) is 0 Å². The molecule has 1 saturated heterocycles. The molecule has 0 unspecified atom stereocenters. The zero-order chi connectivity index (χ0) is 22.7. The Kier molecular flexibility index (Phi) is 6.52. The second-order valence-electron chi connectivity index (χ2n) is 8.10. The van der Waals surface area contributed by atoms with Gasteiger partial charge in [0.1, 0.15) is 5.52 Å². The molecule has 9 nitrogen and oxygen atoms in total. The molecule has 0 spiro atoms. The molecule has 0 amide bonds. The van der Waals surface area contributed by atoms with Crippen molar-refractivity contribution in [2.24, 2.45) is 0 Å². The molecule has 10 heteroatoms. The van der Waals surface area contributed by atoms with Gasteiger partial charge in [0.05, 0.1) is 11.1 Å². The average Bonchev–Trinajstić information content (AvgIpc) is 2.78. The maximum absolute atomic E-state index is 13.6. The Bertz CT molecular complexity index is 1190. The number of nitro benzene ring substituents is 1. The molecule has 0 atom stereocenters. The van der Waals surface area contributed by atoms with Gasteiger partial charge in [-0.1, -0.05) is 12.1 Å². The Morgan fingerprint density at radius 3 is 2.75 bits per heavy atom. The lowest BCUT2D eigenvalue weighted by Gasteiger charge is -2.32. The summed E-state index contributed by atoms with van der Waals surface area (Å²) < 4.78 is 15.0. The lowest BCUT2D eigenvalue weighted by Crippen LogP contribution is -2.43. The second-order valence-corrected chi connectivity index (χ2v) is 8.10. The summed E-state index contributed by atoms with van der Waals surface area (Å²) in [7, 11) is 0. The summed E-state index contributed by atoms with van der Waals surface area (Å²) in [4.78, 5) is 33.2. The van der Waals surface area contributed by atoms with Crippen LogP contribution in [0.4, 0.5) is 10.1 Å². The molecule has 4 rings (SSSR count). The summed E-state index contributed by atoms with van der Waals surface area (Å²) in [6.07, 6.45) is 3.12. The number of benzene rings is 1. The van der Waals surface area contributed by atoms with Crippen LogP contribution >= 0.6 is 0 Å². The number of likely N-dealkylation sites (tertiary alicyclic amines) is 1. The molecule has 1 N–H and O–H groups in total. The Labute approximate surface area is 184 Å². The first-order valence-electron chi connectivity index (χ1n) is 10.6. The second kappa shape index (κ2) is 9.49. The number of aryl methyl sites for hydroxylation is 1. The van der Waals surface area contributed by atoms with E-state index < -0.39 is 5.95 Å². The number of pyridine rings is 1. The fraction of sp³-hybridized carbons (Fsp3) is 0.409. The van der Waals surface area contributed by atoms with Crippen molar-refractivity contribution in [3.05, 3.63) is 74.1 Å². The van der Waals surface area contributed by atoms with Gasteiger partial charge in [0.2, 0.25) is 5.95 Å². The standard InChI is InChI=1S/C22H25FN6O3/c1-15-2-3-16(12-19(15)29(31)32)13-24-17-6-8-27(9-7-17)10-11-28-21(30)14-25-18-4-5-20(23)26-22(18)28/h2-5,12,14,17,24H,6-11,13H2,1H3. The predicted octanol–water partition coefficient (Wildman–Crippen LogP) is 2.40. The van der Waals surface area contributed by atoms with E-state index in [9.17, 15) is 19.3 Å². The average molecular weight is 440 g/mol. The van der Waals surface area contributed by atoms with Gasteiger partial charge >= 0.3 is 0 Å².